The molecule has 0 spiro atoms. The molecule has 3 fully saturated rings. The number of nitrogens with one attached hydrogen (secondary N) is 2. The quantitative estimate of drug-likeness (QED) is 0.670. The van der Waals surface area contributed by atoms with Crippen molar-refractivity contribution in [2.24, 2.45) is 29.1 Å². The van der Waals surface area contributed by atoms with Gasteiger partial charge in [-0.05, 0) is 75.0 Å². The van der Waals surface area contributed by atoms with E-state index in [-0.39, 0.29) is 47.1 Å². The number of urea groups is 1. The first-order chi connectivity index (χ1) is 13.8. The number of nitrogens with zero attached hydrogens (tertiary/aromatic N) is 1. The Morgan fingerprint density at radius 3 is 2.48 bits per heavy atom. The zero-order valence-electron chi connectivity index (χ0n) is 18.7. The minimum absolute atomic E-state index is 0.00756. The van der Waals surface area contributed by atoms with Crippen molar-refractivity contribution in [3.05, 3.63) is 0 Å². The van der Waals surface area contributed by atoms with Crippen molar-refractivity contribution in [3.63, 3.8) is 0 Å². The molecule has 3 aliphatic rings. The number of aliphatic hydroxyl groups excluding tert-OH is 1. The molecule has 7 atom stereocenters. The van der Waals surface area contributed by atoms with Crippen molar-refractivity contribution in [1.82, 2.24) is 15.5 Å². The molecule has 0 radical (unpaired) electrons. The number of rotatable bonds is 4. The van der Waals surface area contributed by atoms with E-state index in [4.69, 9.17) is 0 Å². The molecule has 29 heavy (non-hydrogen) atoms. The molecular formula is C23H41N3O3. The molecule has 3 rings (SSSR count). The summed E-state index contributed by atoms with van der Waals surface area (Å²) in [7, 11) is 0. The predicted molar refractivity (Wildman–Crippen MR) is 114 cm³/mol. The van der Waals surface area contributed by atoms with Crippen LogP contribution in [-0.4, -0.2) is 53.7 Å². The highest BCUT2D eigenvalue weighted by atomic mass is 16.3. The summed E-state index contributed by atoms with van der Waals surface area (Å²) < 4.78 is 0. The summed E-state index contributed by atoms with van der Waals surface area (Å²) in [6.45, 7) is 10.7. The van der Waals surface area contributed by atoms with Crippen LogP contribution in [0.1, 0.15) is 72.6 Å². The fraction of sp³-hybridized carbons (Fsp3) is 0.913. The molecule has 2 saturated carbocycles. The Bertz CT molecular complexity index is 592. The smallest absolute Gasteiger partial charge is 0.315 e. The molecule has 1 saturated heterocycles. The lowest BCUT2D eigenvalue weighted by Gasteiger charge is -2.56. The lowest BCUT2D eigenvalue weighted by molar-refractivity contribution is -0.150. The second-order valence-electron chi connectivity index (χ2n) is 10.1. The number of fused-ring (bicyclic) bond motifs is 1. The molecular weight excluding hydrogens is 366 g/mol. The number of hydrogen-bond donors (Lipinski definition) is 3. The normalized spacial score (nSPS) is 38.7. The maximum Gasteiger partial charge on any atom is 0.315 e. The van der Waals surface area contributed by atoms with Crippen molar-refractivity contribution in [2.45, 2.75) is 84.8 Å². The van der Waals surface area contributed by atoms with E-state index in [2.05, 4.69) is 24.5 Å². The number of carbonyl (C=O) groups excluding carboxylic acids is 2. The third-order valence-corrected chi connectivity index (χ3v) is 8.24. The lowest BCUT2D eigenvalue weighted by atomic mass is 9.51. The van der Waals surface area contributed by atoms with Gasteiger partial charge < -0.3 is 20.6 Å². The van der Waals surface area contributed by atoms with Crippen LogP contribution in [0.3, 0.4) is 0 Å². The van der Waals surface area contributed by atoms with Crippen LogP contribution in [0.5, 0.6) is 0 Å². The monoisotopic (exact) mass is 407 g/mol. The number of hydrogen-bond acceptors (Lipinski definition) is 3. The fourth-order valence-corrected chi connectivity index (χ4v) is 6.46. The highest BCUT2D eigenvalue weighted by molar-refractivity contribution is 5.79. The first-order valence-electron chi connectivity index (χ1n) is 11.8. The number of aliphatic hydroxyl groups is 1. The molecule has 166 valence electrons. The third-order valence-electron chi connectivity index (χ3n) is 8.24. The highest BCUT2D eigenvalue weighted by Crippen LogP contribution is 2.55. The van der Waals surface area contributed by atoms with Crippen LogP contribution in [0.2, 0.25) is 0 Å². The van der Waals surface area contributed by atoms with Crippen molar-refractivity contribution >= 4 is 11.9 Å². The number of piperidine rings is 1. The maximum atomic E-state index is 13.1. The third kappa shape index (κ3) is 4.57. The summed E-state index contributed by atoms with van der Waals surface area (Å²) in [5.74, 6) is 0.382. The molecule has 0 aromatic carbocycles. The molecule has 6 heteroatoms. The van der Waals surface area contributed by atoms with Crippen LogP contribution >= 0.6 is 0 Å². The van der Waals surface area contributed by atoms with Crippen molar-refractivity contribution in [3.8, 4) is 0 Å². The van der Waals surface area contributed by atoms with Crippen molar-refractivity contribution in [2.75, 3.05) is 19.6 Å². The van der Waals surface area contributed by atoms with Crippen LogP contribution in [-0.2, 0) is 4.79 Å². The van der Waals surface area contributed by atoms with Crippen molar-refractivity contribution in [1.29, 1.82) is 0 Å². The largest absolute Gasteiger partial charge is 0.392 e. The molecule has 0 aromatic heterocycles. The van der Waals surface area contributed by atoms with E-state index in [1.807, 2.05) is 18.7 Å². The van der Waals surface area contributed by atoms with Gasteiger partial charge >= 0.3 is 6.03 Å². The van der Waals surface area contributed by atoms with Gasteiger partial charge in [-0.3, -0.25) is 4.79 Å². The average molecular weight is 408 g/mol. The van der Waals surface area contributed by atoms with Crippen LogP contribution in [0.25, 0.3) is 0 Å². The van der Waals surface area contributed by atoms with Crippen LogP contribution in [0, 0.1) is 29.1 Å². The molecule has 1 heterocycles. The van der Waals surface area contributed by atoms with E-state index in [0.29, 0.717) is 6.54 Å². The van der Waals surface area contributed by atoms with Gasteiger partial charge in [-0.2, -0.15) is 0 Å². The van der Waals surface area contributed by atoms with Gasteiger partial charge in [0.25, 0.3) is 0 Å². The van der Waals surface area contributed by atoms with Crippen LogP contribution in [0.4, 0.5) is 4.79 Å². The number of amides is 3. The fourth-order valence-electron chi connectivity index (χ4n) is 6.46. The lowest BCUT2D eigenvalue weighted by Crippen LogP contribution is -2.59. The van der Waals surface area contributed by atoms with Gasteiger partial charge in [0, 0.05) is 31.6 Å². The van der Waals surface area contributed by atoms with Crippen LogP contribution < -0.4 is 10.6 Å². The van der Waals surface area contributed by atoms with E-state index in [1.165, 1.54) is 6.42 Å². The Hall–Kier alpha value is -1.30. The summed E-state index contributed by atoms with van der Waals surface area (Å²) in [6, 6.07) is -0.0513. The average Bonchev–Trinajstić information content (AvgIpc) is 2.70. The van der Waals surface area contributed by atoms with Gasteiger partial charge in [0.2, 0.25) is 5.91 Å². The standard InChI is InChI=1S/C23H41N3O3/c1-5-24-22(29)25-18-10-12-23(4)11-9-17(20(27)19(23)16(18)3)15(2)21(28)26-13-7-6-8-14-26/h15-20,27H,5-14H2,1-4H3,(H2,24,25,29)/t15-,16+,17?,18-,19+,20-,23-/m0/s1. The Labute approximate surface area is 176 Å². The summed E-state index contributed by atoms with van der Waals surface area (Å²) in [6.07, 6.45) is 6.83. The molecule has 1 unspecified atom stereocenters. The number of carbonyl (C=O) groups is 2. The van der Waals surface area contributed by atoms with E-state index in [1.54, 1.807) is 0 Å². The van der Waals surface area contributed by atoms with Gasteiger partial charge in [0.05, 0.1) is 6.10 Å². The topological polar surface area (TPSA) is 81.7 Å². The Kier molecular flexibility index (Phi) is 7.13. The molecule has 3 N–H and O–H groups in total. The van der Waals surface area contributed by atoms with E-state index >= 15 is 0 Å². The second-order valence-corrected chi connectivity index (χ2v) is 10.1. The van der Waals surface area contributed by atoms with Gasteiger partial charge in [-0.15, -0.1) is 0 Å². The maximum absolute atomic E-state index is 13.1. The molecule has 3 amide bonds. The van der Waals surface area contributed by atoms with E-state index < -0.39 is 6.10 Å². The minimum Gasteiger partial charge on any atom is -0.392 e. The molecule has 6 nitrogen and oxygen atoms in total. The highest BCUT2D eigenvalue weighted by Gasteiger charge is 2.54. The first-order valence-corrected chi connectivity index (χ1v) is 11.8. The van der Waals surface area contributed by atoms with E-state index in [9.17, 15) is 14.7 Å². The zero-order chi connectivity index (χ0) is 21.2. The van der Waals surface area contributed by atoms with Gasteiger partial charge in [-0.1, -0.05) is 20.8 Å². The second kappa shape index (κ2) is 9.23. The summed E-state index contributed by atoms with van der Waals surface area (Å²) in [4.78, 5) is 27.2. The molecule has 1 aliphatic heterocycles. The van der Waals surface area contributed by atoms with E-state index in [0.717, 1.165) is 51.6 Å². The summed E-state index contributed by atoms with van der Waals surface area (Å²) in [5, 5.41) is 17.4. The summed E-state index contributed by atoms with van der Waals surface area (Å²) >= 11 is 0. The van der Waals surface area contributed by atoms with Crippen LogP contribution in [0.15, 0.2) is 0 Å². The van der Waals surface area contributed by atoms with Gasteiger partial charge in [0.1, 0.15) is 0 Å². The van der Waals surface area contributed by atoms with Crippen molar-refractivity contribution < 1.29 is 14.7 Å². The molecule has 0 bridgehead atoms. The first kappa shape index (κ1) is 22.4. The molecule has 2 aliphatic carbocycles. The summed E-state index contributed by atoms with van der Waals surface area (Å²) in [5.41, 5.74) is 0.0860. The number of likely N-dealkylation sites (tertiary alicyclic amines) is 1. The Balaban J connectivity index is 1.71. The zero-order valence-corrected chi connectivity index (χ0v) is 18.7. The Morgan fingerprint density at radius 1 is 1.17 bits per heavy atom. The SMILES string of the molecule is CCNC(=O)N[C@H]1CC[C@]2(C)CCC([C@H](C)C(=O)N3CCCCC3)[C@H](O)[C@H]2[C@@H]1C. The Morgan fingerprint density at radius 2 is 1.83 bits per heavy atom. The minimum atomic E-state index is -0.494. The molecule has 0 aromatic rings. The van der Waals surface area contributed by atoms with Gasteiger partial charge in [0.15, 0.2) is 0 Å². The van der Waals surface area contributed by atoms with Gasteiger partial charge in [-0.25, -0.2) is 4.79 Å². The predicted octanol–water partition coefficient (Wildman–Crippen LogP) is 3.15.